The molecule has 0 saturated carbocycles. The Labute approximate surface area is 92.3 Å². The second kappa shape index (κ2) is 7.27. The fraction of sp³-hybridized carbons (Fsp3) is 0.444. The number of carbonyl (C=O) groups excluding carboxylic acids is 3. The summed E-state index contributed by atoms with van der Waals surface area (Å²) in [6.45, 7) is -0.173. The van der Waals surface area contributed by atoms with Crippen molar-refractivity contribution in [2.24, 2.45) is 0 Å². The molecule has 0 aliphatic heterocycles. The van der Waals surface area contributed by atoms with E-state index < -0.39 is 17.9 Å². The summed E-state index contributed by atoms with van der Waals surface area (Å²) in [7, 11) is 3.47. The van der Waals surface area contributed by atoms with Gasteiger partial charge >= 0.3 is 17.9 Å². The quantitative estimate of drug-likeness (QED) is 0.213. The molecule has 16 heavy (non-hydrogen) atoms. The fourth-order valence-corrected chi connectivity index (χ4v) is 0.730. The molecule has 0 fully saturated rings. The minimum Gasteiger partial charge on any atom is -0.468 e. The summed E-state index contributed by atoms with van der Waals surface area (Å²) in [5.41, 5.74) is -0.339. The highest BCUT2D eigenvalue weighted by atomic mass is 16.5. The molecule has 0 spiro atoms. The van der Waals surface area contributed by atoms with Crippen LogP contribution in [0.25, 0.3) is 0 Å². The van der Waals surface area contributed by atoms with Crippen LogP contribution in [0, 0.1) is 0 Å². The molecule has 0 radical (unpaired) electrons. The van der Waals surface area contributed by atoms with Crippen LogP contribution in [0.15, 0.2) is 11.8 Å². The minimum absolute atomic E-state index is 0.173. The largest absolute Gasteiger partial charge is 0.468 e. The van der Waals surface area contributed by atoms with Gasteiger partial charge in [-0.1, -0.05) is 0 Å². The van der Waals surface area contributed by atoms with Gasteiger partial charge in [-0.05, 0) is 0 Å². The van der Waals surface area contributed by atoms with Crippen LogP contribution in [0.3, 0.4) is 0 Å². The van der Waals surface area contributed by atoms with Crippen molar-refractivity contribution in [3.8, 4) is 0 Å². The van der Waals surface area contributed by atoms with E-state index in [-0.39, 0.29) is 12.1 Å². The van der Waals surface area contributed by atoms with Gasteiger partial charge in [-0.2, -0.15) is 0 Å². The summed E-state index contributed by atoms with van der Waals surface area (Å²) in [5, 5.41) is 2.43. The van der Waals surface area contributed by atoms with Crippen molar-refractivity contribution in [3.63, 3.8) is 0 Å². The first kappa shape index (κ1) is 13.9. The van der Waals surface area contributed by atoms with Crippen LogP contribution in [0.4, 0.5) is 0 Å². The molecule has 0 rings (SSSR count). The Morgan fingerprint density at radius 1 is 1.00 bits per heavy atom. The standard InChI is InChI=1S/C9H13NO6/c1-14-7(11)5-10-4-6(8(12)15-2)9(13)16-3/h4,10H,5H2,1-3H3. The Kier molecular flexibility index (Phi) is 6.34. The Bertz CT molecular complexity index is 291. The smallest absolute Gasteiger partial charge is 0.346 e. The molecule has 0 aliphatic rings. The monoisotopic (exact) mass is 231 g/mol. The highest BCUT2D eigenvalue weighted by molar-refractivity contribution is 6.13. The first-order chi connectivity index (χ1) is 7.56. The van der Waals surface area contributed by atoms with Crippen molar-refractivity contribution < 1.29 is 28.6 Å². The van der Waals surface area contributed by atoms with Crippen molar-refractivity contribution in [2.45, 2.75) is 0 Å². The second-order valence-corrected chi connectivity index (χ2v) is 2.50. The van der Waals surface area contributed by atoms with Gasteiger partial charge in [0.1, 0.15) is 6.54 Å². The predicted octanol–water partition coefficient (Wildman–Crippen LogP) is -1.02. The first-order valence-corrected chi connectivity index (χ1v) is 4.23. The third-order valence-corrected chi connectivity index (χ3v) is 1.53. The molecule has 0 aliphatic carbocycles. The van der Waals surface area contributed by atoms with Gasteiger partial charge in [0, 0.05) is 6.20 Å². The molecule has 0 bridgehead atoms. The van der Waals surface area contributed by atoms with Crippen molar-refractivity contribution in [3.05, 3.63) is 11.8 Å². The van der Waals surface area contributed by atoms with E-state index in [0.717, 1.165) is 20.4 Å². The van der Waals surface area contributed by atoms with E-state index >= 15 is 0 Å². The summed E-state index contributed by atoms with van der Waals surface area (Å²) in [4.78, 5) is 32.9. The van der Waals surface area contributed by atoms with Crippen molar-refractivity contribution in [1.82, 2.24) is 5.32 Å². The van der Waals surface area contributed by atoms with E-state index in [1.165, 1.54) is 7.11 Å². The normalized spacial score (nSPS) is 8.69. The zero-order valence-corrected chi connectivity index (χ0v) is 9.23. The summed E-state index contributed by atoms with van der Waals surface area (Å²) in [5.74, 6) is -2.25. The zero-order valence-electron chi connectivity index (χ0n) is 9.23. The lowest BCUT2D eigenvalue weighted by Gasteiger charge is -2.04. The van der Waals surface area contributed by atoms with Crippen molar-refractivity contribution >= 4 is 17.9 Å². The maximum atomic E-state index is 11.1. The van der Waals surface area contributed by atoms with Gasteiger partial charge in [0.2, 0.25) is 0 Å². The number of esters is 3. The van der Waals surface area contributed by atoms with E-state index in [4.69, 9.17) is 0 Å². The molecule has 1 N–H and O–H groups in total. The van der Waals surface area contributed by atoms with Crippen molar-refractivity contribution in [2.75, 3.05) is 27.9 Å². The molecule has 0 aromatic heterocycles. The molecule has 0 saturated heterocycles. The van der Waals surface area contributed by atoms with E-state index in [0.29, 0.717) is 0 Å². The Hall–Kier alpha value is -2.05. The van der Waals surface area contributed by atoms with Gasteiger partial charge in [-0.25, -0.2) is 9.59 Å². The van der Waals surface area contributed by atoms with Crippen LogP contribution in [0.2, 0.25) is 0 Å². The summed E-state index contributed by atoms with van der Waals surface area (Å²) >= 11 is 0. The molecule has 0 atom stereocenters. The van der Waals surface area contributed by atoms with Gasteiger partial charge < -0.3 is 19.5 Å². The maximum absolute atomic E-state index is 11.1. The molecule has 0 aromatic rings. The number of nitrogens with one attached hydrogen (secondary N) is 1. The van der Waals surface area contributed by atoms with Gasteiger partial charge in [-0.15, -0.1) is 0 Å². The van der Waals surface area contributed by atoms with E-state index in [2.05, 4.69) is 19.5 Å². The highest BCUT2D eigenvalue weighted by Crippen LogP contribution is 1.98. The predicted molar refractivity (Wildman–Crippen MR) is 52.1 cm³/mol. The molecule has 0 amide bonds. The summed E-state index contributed by atoms with van der Waals surface area (Å²) in [6.07, 6.45) is 1.04. The molecular weight excluding hydrogens is 218 g/mol. The molecule has 7 heteroatoms. The zero-order chi connectivity index (χ0) is 12.6. The number of carbonyl (C=O) groups is 3. The van der Waals surface area contributed by atoms with Crippen LogP contribution >= 0.6 is 0 Å². The lowest BCUT2D eigenvalue weighted by Crippen LogP contribution is -2.23. The Morgan fingerprint density at radius 3 is 1.88 bits per heavy atom. The SMILES string of the molecule is COC(=O)CNC=C(C(=O)OC)C(=O)OC. The molecule has 0 aromatic carbocycles. The third kappa shape index (κ3) is 4.45. The number of hydrogen-bond acceptors (Lipinski definition) is 7. The minimum atomic E-state index is -0.857. The van der Waals surface area contributed by atoms with Gasteiger partial charge in [-0.3, -0.25) is 4.79 Å². The molecule has 0 heterocycles. The maximum Gasteiger partial charge on any atom is 0.346 e. The Morgan fingerprint density at radius 2 is 1.50 bits per heavy atom. The van der Waals surface area contributed by atoms with Gasteiger partial charge in [0.15, 0.2) is 5.57 Å². The molecule has 7 nitrogen and oxygen atoms in total. The molecule has 0 unspecified atom stereocenters. The van der Waals surface area contributed by atoms with E-state index in [9.17, 15) is 14.4 Å². The lowest BCUT2D eigenvalue weighted by atomic mass is 10.3. The van der Waals surface area contributed by atoms with Gasteiger partial charge in [0.25, 0.3) is 0 Å². The third-order valence-electron chi connectivity index (χ3n) is 1.53. The number of hydrogen-bond donors (Lipinski definition) is 1. The second-order valence-electron chi connectivity index (χ2n) is 2.50. The summed E-state index contributed by atoms with van der Waals surface area (Å²) < 4.78 is 13.1. The number of ether oxygens (including phenoxy) is 3. The van der Waals surface area contributed by atoms with Crippen molar-refractivity contribution in [1.29, 1.82) is 0 Å². The van der Waals surface area contributed by atoms with Gasteiger partial charge in [0.05, 0.1) is 21.3 Å². The average molecular weight is 231 g/mol. The Balaban J connectivity index is 4.51. The lowest BCUT2D eigenvalue weighted by molar-refractivity contribution is -0.144. The molecular formula is C9H13NO6. The summed E-state index contributed by atoms with van der Waals surface area (Å²) in [6, 6.07) is 0. The topological polar surface area (TPSA) is 90.9 Å². The van der Waals surface area contributed by atoms with Crippen LogP contribution in [-0.2, 0) is 28.6 Å². The molecule has 90 valence electrons. The van der Waals surface area contributed by atoms with Crippen LogP contribution in [0.1, 0.15) is 0 Å². The highest BCUT2D eigenvalue weighted by Gasteiger charge is 2.19. The van der Waals surface area contributed by atoms with Crippen LogP contribution < -0.4 is 5.32 Å². The van der Waals surface area contributed by atoms with Crippen LogP contribution in [0.5, 0.6) is 0 Å². The number of rotatable bonds is 5. The van der Waals surface area contributed by atoms with E-state index in [1.807, 2.05) is 0 Å². The fourth-order valence-electron chi connectivity index (χ4n) is 0.730. The van der Waals surface area contributed by atoms with Crippen LogP contribution in [-0.4, -0.2) is 45.8 Å². The first-order valence-electron chi connectivity index (χ1n) is 4.23. The number of methoxy groups -OCH3 is 3. The van der Waals surface area contributed by atoms with E-state index in [1.54, 1.807) is 0 Å². The average Bonchev–Trinajstić information content (AvgIpc) is 2.32.